The van der Waals surface area contributed by atoms with Crippen LogP contribution in [0.1, 0.15) is 5.56 Å². The monoisotopic (exact) mass is 257 g/mol. The number of halogens is 1. The Hall–Kier alpha value is -0.480. The standard InChI is InChI=1S/C9H8BrNOS/c1-5-3-4-6(10)8-7(5)11-9(12-8)13-2/h3-4H,1-2H3. The Kier molecular flexibility index (Phi) is 2.34. The van der Waals surface area contributed by atoms with Crippen LogP contribution in [0.4, 0.5) is 0 Å². The number of hydrogen-bond acceptors (Lipinski definition) is 3. The van der Waals surface area contributed by atoms with Crippen LogP contribution in [0.3, 0.4) is 0 Å². The third-order valence-corrected chi connectivity index (χ3v) is 3.00. The summed E-state index contributed by atoms with van der Waals surface area (Å²) in [4.78, 5) is 4.36. The second-order valence-electron chi connectivity index (χ2n) is 2.73. The maximum absolute atomic E-state index is 5.53. The quantitative estimate of drug-likeness (QED) is 0.730. The number of rotatable bonds is 1. The minimum absolute atomic E-state index is 0.713. The number of nitrogens with zero attached hydrogens (tertiary/aromatic N) is 1. The summed E-state index contributed by atoms with van der Waals surface area (Å²) in [7, 11) is 0. The van der Waals surface area contributed by atoms with Gasteiger partial charge in [0.05, 0.1) is 4.47 Å². The van der Waals surface area contributed by atoms with E-state index >= 15 is 0 Å². The van der Waals surface area contributed by atoms with Crippen LogP contribution in [0.5, 0.6) is 0 Å². The normalized spacial score (nSPS) is 11.0. The van der Waals surface area contributed by atoms with Crippen LogP contribution in [0, 0.1) is 6.92 Å². The second-order valence-corrected chi connectivity index (χ2v) is 4.34. The number of hydrogen-bond donors (Lipinski definition) is 0. The third-order valence-electron chi connectivity index (χ3n) is 1.85. The Bertz CT molecular complexity index is 413. The number of fused-ring (bicyclic) bond motifs is 1. The molecule has 68 valence electrons. The molecule has 0 aliphatic heterocycles. The molecule has 2 rings (SSSR count). The maximum Gasteiger partial charge on any atom is 0.256 e. The average molecular weight is 258 g/mol. The van der Waals surface area contributed by atoms with Crippen molar-refractivity contribution in [2.24, 2.45) is 0 Å². The Morgan fingerprint density at radius 1 is 1.46 bits per heavy atom. The predicted molar refractivity (Wildman–Crippen MR) is 58.2 cm³/mol. The molecule has 2 aromatic rings. The largest absolute Gasteiger partial charge is 0.430 e. The lowest BCUT2D eigenvalue weighted by Crippen LogP contribution is -1.76. The average Bonchev–Trinajstić information content (AvgIpc) is 2.56. The fourth-order valence-corrected chi connectivity index (χ4v) is 1.92. The summed E-state index contributed by atoms with van der Waals surface area (Å²) in [6.45, 7) is 2.03. The number of aromatic nitrogens is 1. The van der Waals surface area contributed by atoms with Gasteiger partial charge in [-0.25, -0.2) is 4.98 Å². The van der Waals surface area contributed by atoms with Gasteiger partial charge in [-0.3, -0.25) is 0 Å². The summed E-state index contributed by atoms with van der Waals surface area (Å²) in [6.07, 6.45) is 1.95. The van der Waals surface area contributed by atoms with Crippen molar-refractivity contribution in [2.75, 3.05) is 6.26 Å². The van der Waals surface area contributed by atoms with Crippen molar-refractivity contribution < 1.29 is 4.42 Å². The first kappa shape index (κ1) is 9.09. The van der Waals surface area contributed by atoms with Gasteiger partial charge in [-0.05, 0) is 40.7 Å². The highest BCUT2D eigenvalue weighted by Gasteiger charge is 2.09. The molecule has 0 atom stereocenters. The highest BCUT2D eigenvalue weighted by atomic mass is 79.9. The molecule has 13 heavy (non-hydrogen) atoms. The van der Waals surface area contributed by atoms with E-state index in [0.717, 1.165) is 21.1 Å². The number of thioether (sulfide) groups is 1. The summed E-state index contributed by atoms with van der Waals surface area (Å²) in [5.41, 5.74) is 2.92. The maximum atomic E-state index is 5.53. The van der Waals surface area contributed by atoms with E-state index in [0.29, 0.717) is 5.22 Å². The van der Waals surface area contributed by atoms with Gasteiger partial charge in [-0.15, -0.1) is 0 Å². The molecule has 0 unspecified atom stereocenters. The molecule has 0 saturated carbocycles. The Morgan fingerprint density at radius 2 is 2.23 bits per heavy atom. The van der Waals surface area contributed by atoms with Crippen molar-refractivity contribution in [1.29, 1.82) is 0 Å². The van der Waals surface area contributed by atoms with E-state index < -0.39 is 0 Å². The van der Waals surface area contributed by atoms with Crippen molar-refractivity contribution in [1.82, 2.24) is 4.98 Å². The molecular formula is C9H8BrNOS. The molecule has 0 amide bonds. The van der Waals surface area contributed by atoms with Gasteiger partial charge in [-0.2, -0.15) is 0 Å². The Labute approximate surface area is 88.8 Å². The summed E-state index contributed by atoms with van der Waals surface area (Å²) in [6, 6.07) is 4.01. The van der Waals surface area contributed by atoms with Crippen molar-refractivity contribution in [2.45, 2.75) is 12.1 Å². The molecule has 1 heterocycles. The Morgan fingerprint density at radius 3 is 2.85 bits per heavy atom. The topological polar surface area (TPSA) is 26.0 Å². The van der Waals surface area contributed by atoms with E-state index in [4.69, 9.17) is 4.42 Å². The van der Waals surface area contributed by atoms with Crippen molar-refractivity contribution in [3.05, 3.63) is 22.2 Å². The van der Waals surface area contributed by atoms with Crippen LogP contribution < -0.4 is 0 Å². The summed E-state index contributed by atoms with van der Waals surface area (Å²) in [5.74, 6) is 0. The number of benzene rings is 1. The molecular weight excluding hydrogens is 250 g/mol. The predicted octanol–water partition coefficient (Wildman–Crippen LogP) is 3.62. The third kappa shape index (κ3) is 1.48. The lowest BCUT2D eigenvalue weighted by molar-refractivity contribution is 0.489. The van der Waals surface area contributed by atoms with Gasteiger partial charge in [-0.1, -0.05) is 17.8 Å². The molecule has 0 aliphatic carbocycles. The van der Waals surface area contributed by atoms with E-state index in [1.807, 2.05) is 25.3 Å². The first-order valence-electron chi connectivity index (χ1n) is 3.82. The minimum Gasteiger partial charge on any atom is -0.430 e. The summed E-state index contributed by atoms with van der Waals surface area (Å²) < 4.78 is 6.49. The van der Waals surface area contributed by atoms with Gasteiger partial charge in [0, 0.05) is 0 Å². The van der Waals surface area contributed by atoms with Gasteiger partial charge in [0.15, 0.2) is 5.58 Å². The molecule has 1 aromatic heterocycles. The zero-order valence-electron chi connectivity index (χ0n) is 7.30. The molecule has 0 saturated heterocycles. The number of aryl methyl sites for hydroxylation is 1. The summed E-state index contributed by atoms with van der Waals surface area (Å²) >= 11 is 4.94. The summed E-state index contributed by atoms with van der Waals surface area (Å²) in [5, 5.41) is 0.713. The van der Waals surface area contributed by atoms with E-state index in [2.05, 4.69) is 20.9 Å². The second kappa shape index (κ2) is 3.35. The highest BCUT2D eigenvalue weighted by Crippen LogP contribution is 2.29. The molecule has 1 aromatic carbocycles. The molecule has 0 bridgehead atoms. The lowest BCUT2D eigenvalue weighted by Gasteiger charge is -1.93. The molecule has 2 nitrogen and oxygen atoms in total. The molecule has 0 spiro atoms. The van der Waals surface area contributed by atoms with E-state index in [1.165, 1.54) is 11.8 Å². The van der Waals surface area contributed by atoms with Gasteiger partial charge < -0.3 is 4.42 Å². The zero-order chi connectivity index (χ0) is 9.42. The van der Waals surface area contributed by atoms with E-state index in [-0.39, 0.29) is 0 Å². The van der Waals surface area contributed by atoms with Crippen LogP contribution >= 0.6 is 27.7 Å². The van der Waals surface area contributed by atoms with Gasteiger partial charge in [0.1, 0.15) is 5.52 Å². The lowest BCUT2D eigenvalue weighted by atomic mass is 10.2. The fourth-order valence-electron chi connectivity index (χ4n) is 1.17. The van der Waals surface area contributed by atoms with Crippen LogP contribution in [0.2, 0.25) is 0 Å². The van der Waals surface area contributed by atoms with Gasteiger partial charge in [0.25, 0.3) is 5.22 Å². The Balaban J connectivity index is 2.80. The van der Waals surface area contributed by atoms with Crippen LogP contribution in [0.25, 0.3) is 11.1 Å². The zero-order valence-corrected chi connectivity index (χ0v) is 9.70. The SMILES string of the molecule is CSc1nc2c(C)ccc(Br)c2o1. The molecule has 0 radical (unpaired) electrons. The van der Waals surface area contributed by atoms with Crippen LogP contribution in [-0.4, -0.2) is 11.2 Å². The van der Waals surface area contributed by atoms with Crippen LogP contribution in [-0.2, 0) is 0 Å². The minimum atomic E-state index is 0.713. The fraction of sp³-hybridized carbons (Fsp3) is 0.222. The molecule has 0 N–H and O–H groups in total. The van der Waals surface area contributed by atoms with E-state index in [1.54, 1.807) is 0 Å². The molecule has 0 fully saturated rings. The van der Waals surface area contributed by atoms with Crippen molar-refractivity contribution in [3.8, 4) is 0 Å². The smallest absolute Gasteiger partial charge is 0.256 e. The number of oxazole rings is 1. The van der Waals surface area contributed by atoms with E-state index in [9.17, 15) is 0 Å². The molecule has 4 heteroatoms. The van der Waals surface area contributed by atoms with Crippen molar-refractivity contribution >= 4 is 38.8 Å². The van der Waals surface area contributed by atoms with Gasteiger partial charge in [0.2, 0.25) is 0 Å². The van der Waals surface area contributed by atoms with Crippen LogP contribution in [0.15, 0.2) is 26.2 Å². The highest BCUT2D eigenvalue weighted by molar-refractivity contribution is 9.10. The first-order chi connectivity index (χ1) is 6.22. The van der Waals surface area contributed by atoms with Crippen molar-refractivity contribution in [3.63, 3.8) is 0 Å². The van der Waals surface area contributed by atoms with Gasteiger partial charge >= 0.3 is 0 Å². The first-order valence-corrected chi connectivity index (χ1v) is 5.84. The molecule has 0 aliphatic rings.